The molecule has 1 amide bonds. The number of para-hydroxylation sites is 1. The number of amides is 1. The van der Waals surface area contributed by atoms with E-state index in [-0.39, 0.29) is 5.91 Å². The molecule has 4 rings (SSSR count). The van der Waals surface area contributed by atoms with Crippen LogP contribution in [-0.4, -0.2) is 55.2 Å². The fourth-order valence-corrected chi connectivity index (χ4v) is 5.07. The minimum absolute atomic E-state index is 0.00958. The second kappa shape index (κ2) is 9.43. The first-order chi connectivity index (χ1) is 14.5. The molecule has 1 aromatic heterocycles. The van der Waals surface area contributed by atoms with Gasteiger partial charge in [0.1, 0.15) is 5.52 Å². The molecule has 0 unspecified atom stereocenters. The van der Waals surface area contributed by atoms with Crippen molar-refractivity contribution in [1.29, 1.82) is 0 Å². The van der Waals surface area contributed by atoms with Crippen molar-refractivity contribution >= 4 is 44.2 Å². The third kappa shape index (κ3) is 4.67. The number of thiazole rings is 1. The van der Waals surface area contributed by atoms with E-state index in [2.05, 4.69) is 4.90 Å². The van der Waals surface area contributed by atoms with Gasteiger partial charge in [-0.05, 0) is 44.0 Å². The Morgan fingerprint density at radius 1 is 1.23 bits per heavy atom. The zero-order valence-electron chi connectivity index (χ0n) is 17.4. The zero-order chi connectivity index (χ0) is 21.1. The smallest absolute Gasteiger partial charge is 0.260 e. The minimum atomic E-state index is -0.00958. The van der Waals surface area contributed by atoms with Crippen LogP contribution in [0.5, 0.6) is 0 Å². The molecule has 1 aliphatic heterocycles. The molecule has 30 heavy (non-hydrogen) atoms. The number of fused-ring (bicyclic) bond motifs is 1. The molecule has 1 aliphatic rings. The molecule has 0 bridgehead atoms. The monoisotopic (exact) mass is 443 g/mol. The SMILES string of the molecule is Cc1ccc(C(=O)N(CCCN2CCOCC2)c2nc3c(Cl)cccc3s2)c(C)c1. The molecule has 0 aliphatic carbocycles. The molecule has 5 nitrogen and oxygen atoms in total. The maximum Gasteiger partial charge on any atom is 0.260 e. The summed E-state index contributed by atoms with van der Waals surface area (Å²) in [5.41, 5.74) is 3.61. The lowest BCUT2D eigenvalue weighted by Crippen LogP contribution is -2.39. The molecule has 2 heterocycles. The van der Waals surface area contributed by atoms with Gasteiger partial charge in [0.15, 0.2) is 5.13 Å². The molecule has 2 aromatic carbocycles. The number of carbonyl (C=O) groups is 1. The largest absolute Gasteiger partial charge is 0.379 e. The summed E-state index contributed by atoms with van der Waals surface area (Å²) in [4.78, 5) is 22.5. The third-order valence-corrected chi connectivity index (χ3v) is 6.76. The third-order valence-electron chi connectivity index (χ3n) is 5.41. The van der Waals surface area contributed by atoms with Gasteiger partial charge in [-0.3, -0.25) is 14.6 Å². The Bertz CT molecular complexity index is 1050. The highest BCUT2D eigenvalue weighted by atomic mass is 35.5. The predicted molar refractivity (Wildman–Crippen MR) is 124 cm³/mol. The zero-order valence-corrected chi connectivity index (χ0v) is 18.9. The summed E-state index contributed by atoms with van der Waals surface area (Å²) >= 11 is 7.86. The van der Waals surface area contributed by atoms with E-state index < -0.39 is 0 Å². The lowest BCUT2D eigenvalue weighted by molar-refractivity contribution is 0.0376. The number of morpholine rings is 1. The summed E-state index contributed by atoms with van der Waals surface area (Å²) in [6.07, 6.45) is 0.875. The molecule has 0 saturated carbocycles. The fourth-order valence-electron chi connectivity index (χ4n) is 3.78. The van der Waals surface area contributed by atoms with Crippen LogP contribution in [0.2, 0.25) is 5.02 Å². The highest BCUT2D eigenvalue weighted by Crippen LogP contribution is 2.33. The van der Waals surface area contributed by atoms with E-state index in [1.807, 2.05) is 55.1 Å². The number of carbonyl (C=O) groups excluding carboxylic acids is 1. The Balaban J connectivity index is 1.61. The van der Waals surface area contributed by atoms with Crippen LogP contribution < -0.4 is 4.90 Å². The van der Waals surface area contributed by atoms with E-state index in [1.54, 1.807) is 0 Å². The molecule has 0 radical (unpaired) electrons. The standard InChI is InChI=1S/C23H26ClN3O2S/c1-16-7-8-18(17(2)15-16)22(28)27(10-4-9-26-11-13-29-14-12-26)23-25-21-19(24)5-3-6-20(21)30-23/h3,5-8,15H,4,9-14H2,1-2H3. The van der Waals surface area contributed by atoms with Crippen molar-refractivity contribution < 1.29 is 9.53 Å². The summed E-state index contributed by atoms with van der Waals surface area (Å²) in [5.74, 6) is -0.00958. The summed E-state index contributed by atoms with van der Waals surface area (Å²) in [5, 5.41) is 1.31. The summed E-state index contributed by atoms with van der Waals surface area (Å²) < 4.78 is 6.42. The van der Waals surface area contributed by atoms with Gasteiger partial charge in [-0.1, -0.05) is 46.7 Å². The number of nitrogens with zero attached hydrogens (tertiary/aromatic N) is 3. The topological polar surface area (TPSA) is 45.7 Å². The van der Waals surface area contributed by atoms with Crippen LogP contribution in [-0.2, 0) is 4.74 Å². The molecule has 158 valence electrons. The average Bonchev–Trinajstić information content (AvgIpc) is 3.17. The van der Waals surface area contributed by atoms with Crippen molar-refractivity contribution in [3.8, 4) is 0 Å². The minimum Gasteiger partial charge on any atom is -0.379 e. The molecular formula is C23H26ClN3O2S. The van der Waals surface area contributed by atoms with Crippen molar-refractivity contribution in [2.24, 2.45) is 0 Å². The second-order valence-electron chi connectivity index (χ2n) is 7.67. The van der Waals surface area contributed by atoms with Gasteiger partial charge >= 0.3 is 0 Å². The quantitative estimate of drug-likeness (QED) is 0.541. The molecule has 7 heteroatoms. The van der Waals surface area contributed by atoms with Crippen LogP contribution in [0.25, 0.3) is 10.2 Å². The van der Waals surface area contributed by atoms with Gasteiger partial charge in [-0.25, -0.2) is 4.98 Å². The van der Waals surface area contributed by atoms with Gasteiger partial charge in [0.2, 0.25) is 0 Å². The summed E-state index contributed by atoms with van der Waals surface area (Å²) in [6, 6.07) is 11.7. The summed E-state index contributed by atoms with van der Waals surface area (Å²) in [6.45, 7) is 9.03. The highest BCUT2D eigenvalue weighted by molar-refractivity contribution is 7.22. The second-order valence-corrected chi connectivity index (χ2v) is 9.08. The van der Waals surface area contributed by atoms with Gasteiger partial charge in [0.25, 0.3) is 5.91 Å². The van der Waals surface area contributed by atoms with Crippen LogP contribution in [0.3, 0.4) is 0 Å². The van der Waals surface area contributed by atoms with Gasteiger partial charge < -0.3 is 4.74 Å². The Morgan fingerprint density at radius 2 is 2.03 bits per heavy atom. The molecule has 1 saturated heterocycles. The molecule has 0 spiro atoms. The number of aryl methyl sites for hydroxylation is 2. The first-order valence-electron chi connectivity index (χ1n) is 10.3. The molecule has 0 N–H and O–H groups in total. The van der Waals surface area contributed by atoms with E-state index in [0.717, 1.165) is 66.2 Å². The van der Waals surface area contributed by atoms with E-state index in [1.165, 1.54) is 11.3 Å². The number of benzene rings is 2. The van der Waals surface area contributed by atoms with Crippen molar-refractivity contribution in [3.63, 3.8) is 0 Å². The van der Waals surface area contributed by atoms with Crippen molar-refractivity contribution in [2.45, 2.75) is 20.3 Å². The van der Waals surface area contributed by atoms with Crippen LogP contribution >= 0.6 is 22.9 Å². The molecule has 1 fully saturated rings. The maximum absolute atomic E-state index is 13.5. The van der Waals surface area contributed by atoms with Gasteiger partial charge in [-0.15, -0.1) is 0 Å². The van der Waals surface area contributed by atoms with E-state index >= 15 is 0 Å². The number of rotatable bonds is 6. The molecular weight excluding hydrogens is 418 g/mol. The number of aromatic nitrogens is 1. The molecule has 3 aromatic rings. The van der Waals surface area contributed by atoms with Gasteiger partial charge in [0.05, 0.1) is 22.9 Å². The van der Waals surface area contributed by atoms with Crippen LogP contribution in [0.4, 0.5) is 5.13 Å². The predicted octanol–water partition coefficient (Wildman–Crippen LogP) is 4.94. The number of anilines is 1. The first kappa shape index (κ1) is 21.2. The van der Waals surface area contributed by atoms with Crippen molar-refractivity contribution in [2.75, 3.05) is 44.3 Å². The van der Waals surface area contributed by atoms with Crippen molar-refractivity contribution in [1.82, 2.24) is 9.88 Å². The van der Waals surface area contributed by atoms with Gasteiger partial charge in [0, 0.05) is 31.7 Å². The number of hydrogen-bond donors (Lipinski definition) is 0. The Kier molecular flexibility index (Phi) is 6.68. The highest BCUT2D eigenvalue weighted by Gasteiger charge is 2.23. The fraction of sp³-hybridized carbons (Fsp3) is 0.391. The van der Waals surface area contributed by atoms with Crippen LogP contribution in [0.15, 0.2) is 36.4 Å². The van der Waals surface area contributed by atoms with Crippen LogP contribution in [0, 0.1) is 13.8 Å². The van der Waals surface area contributed by atoms with Crippen LogP contribution in [0.1, 0.15) is 27.9 Å². The lowest BCUT2D eigenvalue weighted by Gasteiger charge is -2.28. The molecule has 0 atom stereocenters. The number of hydrogen-bond acceptors (Lipinski definition) is 5. The number of ether oxygens (including phenoxy) is 1. The van der Waals surface area contributed by atoms with E-state index in [9.17, 15) is 4.79 Å². The average molecular weight is 444 g/mol. The van der Waals surface area contributed by atoms with E-state index in [0.29, 0.717) is 16.7 Å². The van der Waals surface area contributed by atoms with E-state index in [4.69, 9.17) is 21.3 Å². The summed E-state index contributed by atoms with van der Waals surface area (Å²) in [7, 11) is 0. The lowest BCUT2D eigenvalue weighted by atomic mass is 10.0. The first-order valence-corrected chi connectivity index (χ1v) is 11.5. The van der Waals surface area contributed by atoms with Crippen molar-refractivity contribution in [3.05, 3.63) is 58.1 Å². The Labute approximate surface area is 186 Å². The Hall–Kier alpha value is -1.99. The number of halogens is 1. The maximum atomic E-state index is 13.5. The normalized spacial score (nSPS) is 14.9. The van der Waals surface area contributed by atoms with Gasteiger partial charge in [-0.2, -0.15) is 0 Å². The Morgan fingerprint density at radius 3 is 2.77 bits per heavy atom.